The Labute approximate surface area is 154 Å². The third-order valence-electron chi connectivity index (χ3n) is 4.12. The summed E-state index contributed by atoms with van der Waals surface area (Å²) < 4.78 is 37.1. The molecule has 0 bridgehead atoms. The number of urea groups is 1. The van der Waals surface area contributed by atoms with Crippen molar-refractivity contribution in [1.82, 2.24) is 15.5 Å². The summed E-state index contributed by atoms with van der Waals surface area (Å²) in [6, 6.07) is 4.46. The third kappa shape index (κ3) is 6.56. The van der Waals surface area contributed by atoms with E-state index >= 15 is 0 Å². The van der Waals surface area contributed by atoms with Gasteiger partial charge in [-0.05, 0) is 43.5 Å². The topological polar surface area (TPSA) is 44.4 Å². The van der Waals surface area contributed by atoms with Crippen molar-refractivity contribution in [3.63, 3.8) is 0 Å². The Balaban J connectivity index is 1.74. The molecule has 4 nitrogen and oxygen atoms in total. The van der Waals surface area contributed by atoms with Crippen molar-refractivity contribution in [2.45, 2.75) is 25.6 Å². The van der Waals surface area contributed by atoms with E-state index in [1.165, 1.54) is 4.90 Å². The molecule has 0 spiro atoms. The number of carbonyl (C=O) groups excluding carboxylic acids is 1. The van der Waals surface area contributed by atoms with Gasteiger partial charge >= 0.3 is 12.2 Å². The second kappa shape index (κ2) is 8.47. The third-order valence-corrected chi connectivity index (χ3v) is 4.85. The Bertz CT molecular complexity index is 613. The number of amides is 2. The highest BCUT2D eigenvalue weighted by molar-refractivity contribution is 6.42. The first-order chi connectivity index (χ1) is 11.6. The minimum absolute atomic E-state index is 0.0217. The van der Waals surface area contributed by atoms with Crippen molar-refractivity contribution < 1.29 is 18.0 Å². The summed E-state index contributed by atoms with van der Waals surface area (Å²) in [6.45, 7) is 1.98. The zero-order valence-electron chi connectivity index (χ0n) is 13.7. The fraction of sp³-hybridized carbons (Fsp3) is 0.562. The number of benzene rings is 1. The highest BCUT2D eigenvalue weighted by Crippen LogP contribution is 2.25. The van der Waals surface area contributed by atoms with Gasteiger partial charge in [0.2, 0.25) is 0 Å². The van der Waals surface area contributed by atoms with Crippen LogP contribution in [0.4, 0.5) is 18.0 Å². The summed E-state index contributed by atoms with van der Waals surface area (Å²) in [4.78, 5) is 13.3. The molecule has 1 aromatic rings. The van der Waals surface area contributed by atoms with E-state index in [9.17, 15) is 18.0 Å². The van der Waals surface area contributed by atoms with E-state index < -0.39 is 12.7 Å². The molecule has 25 heavy (non-hydrogen) atoms. The minimum Gasteiger partial charge on any atom is -0.338 e. The fourth-order valence-corrected chi connectivity index (χ4v) is 3.13. The number of nitrogens with zero attached hydrogens (tertiary/aromatic N) is 1. The molecule has 1 aromatic carbocycles. The van der Waals surface area contributed by atoms with Crippen LogP contribution in [0.3, 0.4) is 0 Å². The molecular formula is C16H20Cl2F3N3O. The monoisotopic (exact) mass is 397 g/mol. The molecule has 140 valence electrons. The van der Waals surface area contributed by atoms with Crippen molar-refractivity contribution in [3.8, 4) is 0 Å². The van der Waals surface area contributed by atoms with Crippen LogP contribution >= 0.6 is 23.2 Å². The first-order valence-corrected chi connectivity index (χ1v) is 8.68. The molecule has 1 aliphatic rings. The van der Waals surface area contributed by atoms with Gasteiger partial charge in [-0.1, -0.05) is 29.3 Å². The summed E-state index contributed by atoms with van der Waals surface area (Å²) in [5, 5.41) is 6.33. The standard InChI is InChI=1S/C16H20Cl2F3N3O/c1-10(12-2-3-13(17)14(18)6-12)23-15(25)22-7-11-4-5-24(8-11)9-16(19,20)21/h2-3,6,10-11H,4-5,7-9H2,1H3,(H2,22,23,25)/t10-,11-/m1/s1. The van der Waals surface area contributed by atoms with Crippen molar-refractivity contribution in [1.29, 1.82) is 0 Å². The highest BCUT2D eigenvalue weighted by atomic mass is 35.5. The number of likely N-dealkylation sites (tertiary alicyclic amines) is 1. The van der Waals surface area contributed by atoms with Gasteiger partial charge in [-0.25, -0.2) is 4.79 Å². The molecule has 0 aliphatic carbocycles. The smallest absolute Gasteiger partial charge is 0.338 e. The van der Waals surface area contributed by atoms with E-state index in [1.807, 2.05) is 0 Å². The normalized spacial score (nSPS) is 19.7. The predicted molar refractivity (Wildman–Crippen MR) is 92.0 cm³/mol. The molecule has 0 radical (unpaired) electrons. The number of alkyl halides is 3. The summed E-state index contributed by atoms with van der Waals surface area (Å²) in [6.07, 6.45) is -3.55. The van der Waals surface area contributed by atoms with Crippen LogP contribution in [0.1, 0.15) is 24.9 Å². The molecule has 1 aliphatic heterocycles. The van der Waals surface area contributed by atoms with Crippen molar-refractivity contribution >= 4 is 29.2 Å². The lowest BCUT2D eigenvalue weighted by molar-refractivity contribution is -0.143. The molecule has 2 atom stereocenters. The average molecular weight is 398 g/mol. The van der Waals surface area contributed by atoms with Gasteiger partial charge in [0.15, 0.2) is 0 Å². The van der Waals surface area contributed by atoms with E-state index in [1.54, 1.807) is 25.1 Å². The van der Waals surface area contributed by atoms with Gasteiger partial charge in [0, 0.05) is 13.1 Å². The maximum Gasteiger partial charge on any atom is 0.401 e. The molecular weight excluding hydrogens is 378 g/mol. The van der Waals surface area contributed by atoms with Crippen molar-refractivity contribution in [2.24, 2.45) is 5.92 Å². The first kappa shape index (κ1) is 20.1. The van der Waals surface area contributed by atoms with Crippen LogP contribution in [0.2, 0.25) is 10.0 Å². The average Bonchev–Trinajstić information content (AvgIpc) is 2.93. The fourth-order valence-electron chi connectivity index (χ4n) is 2.83. The second-order valence-corrected chi connectivity index (χ2v) is 7.07. The summed E-state index contributed by atoms with van der Waals surface area (Å²) in [7, 11) is 0. The number of nitrogens with one attached hydrogen (secondary N) is 2. The molecule has 0 aromatic heterocycles. The predicted octanol–water partition coefficient (Wildman–Crippen LogP) is 4.24. The zero-order chi connectivity index (χ0) is 18.6. The van der Waals surface area contributed by atoms with E-state index in [4.69, 9.17) is 23.2 Å². The number of carbonyl (C=O) groups is 1. The first-order valence-electron chi connectivity index (χ1n) is 7.92. The van der Waals surface area contributed by atoms with Gasteiger partial charge < -0.3 is 10.6 Å². The van der Waals surface area contributed by atoms with Gasteiger partial charge in [-0.15, -0.1) is 0 Å². The van der Waals surface area contributed by atoms with Crippen LogP contribution in [-0.4, -0.2) is 43.3 Å². The molecule has 2 amide bonds. The molecule has 0 saturated carbocycles. The molecule has 1 heterocycles. The zero-order valence-corrected chi connectivity index (χ0v) is 15.2. The van der Waals surface area contributed by atoms with Gasteiger partial charge in [0.1, 0.15) is 0 Å². The molecule has 2 N–H and O–H groups in total. The van der Waals surface area contributed by atoms with Gasteiger partial charge in [0.25, 0.3) is 0 Å². The molecule has 0 unspecified atom stereocenters. The van der Waals surface area contributed by atoms with E-state index in [0.29, 0.717) is 36.1 Å². The number of hydrogen-bond donors (Lipinski definition) is 2. The maximum atomic E-state index is 12.4. The van der Waals surface area contributed by atoms with Gasteiger partial charge in [-0.3, -0.25) is 4.90 Å². The minimum atomic E-state index is -4.19. The summed E-state index contributed by atoms with van der Waals surface area (Å²) in [5.41, 5.74) is 0.807. The SMILES string of the molecule is C[C@@H](NC(=O)NC[C@H]1CCN(CC(F)(F)F)C1)c1ccc(Cl)c(Cl)c1. The number of halogens is 5. The maximum absolute atomic E-state index is 12.4. The van der Waals surface area contributed by atoms with Crippen LogP contribution in [0.25, 0.3) is 0 Å². The second-order valence-electron chi connectivity index (χ2n) is 6.25. The van der Waals surface area contributed by atoms with E-state index in [2.05, 4.69) is 10.6 Å². The van der Waals surface area contributed by atoms with Crippen LogP contribution in [0.5, 0.6) is 0 Å². The van der Waals surface area contributed by atoms with Crippen LogP contribution in [0, 0.1) is 5.92 Å². The van der Waals surface area contributed by atoms with Gasteiger partial charge in [-0.2, -0.15) is 13.2 Å². The van der Waals surface area contributed by atoms with E-state index in [-0.39, 0.29) is 18.0 Å². The Hall–Kier alpha value is -1.18. The molecule has 1 saturated heterocycles. The Morgan fingerprint density at radius 3 is 2.72 bits per heavy atom. The van der Waals surface area contributed by atoms with Crippen LogP contribution in [-0.2, 0) is 0 Å². The molecule has 9 heteroatoms. The van der Waals surface area contributed by atoms with Crippen LogP contribution < -0.4 is 10.6 Å². The highest BCUT2D eigenvalue weighted by Gasteiger charge is 2.34. The molecule has 1 fully saturated rings. The van der Waals surface area contributed by atoms with Crippen molar-refractivity contribution in [2.75, 3.05) is 26.2 Å². The lowest BCUT2D eigenvalue weighted by atomic mass is 10.1. The number of hydrogen-bond acceptors (Lipinski definition) is 2. The number of rotatable bonds is 5. The summed E-state index contributed by atoms with van der Waals surface area (Å²) in [5.74, 6) is 0.0217. The largest absolute Gasteiger partial charge is 0.401 e. The Morgan fingerprint density at radius 1 is 1.36 bits per heavy atom. The molecule has 2 rings (SSSR count). The lowest BCUT2D eigenvalue weighted by Crippen LogP contribution is -2.40. The summed E-state index contributed by atoms with van der Waals surface area (Å²) >= 11 is 11.8. The lowest BCUT2D eigenvalue weighted by Gasteiger charge is -2.19. The van der Waals surface area contributed by atoms with Gasteiger partial charge in [0.05, 0.1) is 22.6 Å². The quantitative estimate of drug-likeness (QED) is 0.780. The van der Waals surface area contributed by atoms with Crippen molar-refractivity contribution in [3.05, 3.63) is 33.8 Å². The Morgan fingerprint density at radius 2 is 2.08 bits per heavy atom. The van der Waals surface area contributed by atoms with Crippen LogP contribution in [0.15, 0.2) is 18.2 Å². The van der Waals surface area contributed by atoms with E-state index in [0.717, 1.165) is 5.56 Å². The Kier molecular flexibility index (Phi) is 6.82.